The molecular weight excluding hydrogens is 368 g/mol. The molecule has 0 N–H and O–H groups in total. The van der Waals surface area contributed by atoms with E-state index in [1.165, 1.54) is 43.2 Å². The van der Waals surface area contributed by atoms with Crippen LogP contribution in [0.25, 0.3) is 11.1 Å². The molecule has 0 radical (unpaired) electrons. The number of benzene rings is 4. The summed E-state index contributed by atoms with van der Waals surface area (Å²) < 4.78 is 0. The van der Waals surface area contributed by atoms with Gasteiger partial charge in [0.25, 0.3) is 0 Å². The van der Waals surface area contributed by atoms with Gasteiger partial charge in [-0.1, -0.05) is 90.1 Å². The first-order chi connectivity index (χ1) is 13.3. The van der Waals surface area contributed by atoms with E-state index in [0.29, 0.717) is 0 Å². The largest absolute Gasteiger partial charge is 0.0894 e. The zero-order valence-corrected chi connectivity index (χ0v) is 16.0. The summed E-state index contributed by atoms with van der Waals surface area (Å²) in [4.78, 5) is 2.66. The van der Waals surface area contributed by atoms with Crippen LogP contribution in [0.15, 0.2) is 101 Å². The molecule has 6 rings (SSSR count). The van der Waals surface area contributed by atoms with Gasteiger partial charge in [0.2, 0.25) is 0 Å². The Morgan fingerprint density at radius 1 is 0.556 bits per heavy atom. The Morgan fingerprint density at radius 2 is 1.11 bits per heavy atom. The van der Waals surface area contributed by atoms with Gasteiger partial charge in [-0.15, -0.1) is 0 Å². The van der Waals surface area contributed by atoms with Gasteiger partial charge in [-0.25, -0.2) is 0 Å². The highest BCUT2D eigenvalue weighted by atomic mass is 35.5. The summed E-state index contributed by atoms with van der Waals surface area (Å²) in [6.07, 6.45) is 0. The van der Waals surface area contributed by atoms with E-state index in [-0.39, 0.29) is 5.41 Å². The highest BCUT2D eigenvalue weighted by Crippen LogP contribution is 2.62. The fraction of sp³-hybridized carbons (Fsp3) is 0.0400. The SMILES string of the molecule is Clc1ccc2c(c1)-c1ccccc1C21c2ccccc2Sc2ccccc21. The van der Waals surface area contributed by atoms with Crippen molar-refractivity contribution in [3.8, 4) is 11.1 Å². The topological polar surface area (TPSA) is 0 Å². The summed E-state index contributed by atoms with van der Waals surface area (Å²) in [5, 5.41) is 0.785. The van der Waals surface area contributed by atoms with Gasteiger partial charge in [-0.05, 0) is 57.6 Å². The molecule has 2 heteroatoms. The number of hydrogen-bond acceptors (Lipinski definition) is 1. The maximum absolute atomic E-state index is 6.41. The predicted molar refractivity (Wildman–Crippen MR) is 113 cm³/mol. The minimum Gasteiger partial charge on any atom is -0.0894 e. The standard InChI is InChI=1S/C25H15ClS/c26-16-13-14-20-18(15-16)17-7-1-2-8-19(17)25(20)21-9-3-5-11-23(21)27-24-12-6-4-10-22(24)25/h1-15H. The van der Waals surface area contributed by atoms with Gasteiger partial charge in [-0.3, -0.25) is 0 Å². The van der Waals surface area contributed by atoms with Crippen molar-refractivity contribution in [3.05, 3.63) is 118 Å². The molecule has 1 heterocycles. The van der Waals surface area contributed by atoms with E-state index in [9.17, 15) is 0 Å². The Hall–Kier alpha value is -2.48. The zero-order chi connectivity index (χ0) is 18.0. The lowest BCUT2D eigenvalue weighted by atomic mass is 9.67. The fourth-order valence-corrected chi connectivity index (χ4v) is 6.20. The van der Waals surface area contributed by atoms with Crippen molar-refractivity contribution in [1.82, 2.24) is 0 Å². The molecule has 0 amide bonds. The quantitative estimate of drug-likeness (QED) is 0.268. The van der Waals surface area contributed by atoms with Crippen molar-refractivity contribution >= 4 is 23.4 Å². The zero-order valence-electron chi connectivity index (χ0n) is 14.4. The predicted octanol–water partition coefficient (Wildman–Crippen LogP) is 7.17. The van der Waals surface area contributed by atoms with E-state index in [4.69, 9.17) is 11.6 Å². The summed E-state index contributed by atoms with van der Waals surface area (Å²) in [5.74, 6) is 0. The Balaban J connectivity index is 1.86. The van der Waals surface area contributed by atoms with Crippen molar-refractivity contribution in [1.29, 1.82) is 0 Å². The first kappa shape index (κ1) is 15.6. The Labute approximate surface area is 167 Å². The molecule has 0 aromatic heterocycles. The summed E-state index contributed by atoms with van der Waals surface area (Å²) in [5.41, 5.74) is 7.65. The van der Waals surface area contributed by atoms with Gasteiger partial charge in [-0.2, -0.15) is 0 Å². The lowest BCUT2D eigenvalue weighted by molar-refractivity contribution is 0.722. The molecule has 0 atom stereocenters. The molecule has 2 aliphatic rings. The number of fused-ring (bicyclic) bond motifs is 9. The van der Waals surface area contributed by atoms with Crippen LogP contribution in [0.2, 0.25) is 5.02 Å². The molecule has 0 saturated heterocycles. The summed E-state index contributed by atoms with van der Waals surface area (Å²) >= 11 is 8.28. The van der Waals surface area contributed by atoms with Crippen molar-refractivity contribution < 1.29 is 0 Å². The lowest BCUT2D eigenvalue weighted by Gasteiger charge is -2.39. The molecule has 0 nitrogen and oxygen atoms in total. The number of rotatable bonds is 0. The molecule has 0 fully saturated rings. The fourth-order valence-electron chi connectivity index (χ4n) is 4.83. The van der Waals surface area contributed by atoms with Gasteiger partial charge < -0.3 is 0 Å². The molecule has 27 heavy (non-hydrogen) atoms. The normalized spacial score (nSPS) is 15.0. The van der Waals surface area contributed by atoms with Gasteiger partial charge in [0.05, 0.1) is 5.41 Å². The average molecular weight is 383 g/mol. The summed E-state index contributed by atoms with van der Waals surface area (Å²) in [6, 6.07) is 32.8. The molecule has 0 bridgehead atoms. The second-order valence-corrected chi connectivity index (χ2v) is 8.60. The molecule has 0 saturated carbocycles. The second kappa shape index (κ2) is 5.51. The minimum absolute atomic E-state index is 0.283. The van der Waals surface area contributed by atoms with Crippen molar-refractivity contribution in [2.75, 3.05) is 0 Å². The second-order valence-electron chi connectivity index (χ2n) is 7.08. The average Bonchev–Trinajstić information content (AvgIpc) is 2.99. The first-order valence-electron chi connectivity index (χ1n) is 9.07. The van der Waals surface area contributed by atoms with Crippen LogP contribution in [-0.4, -0.2) is 0 Å². The minimum atomic E-state index is -0.283. The van der Waals surface area contributed by atoms with Gasteiger partial charge in [0, 0.05) is 14.8 Å². The monoisotopic (exact) mass is 382 g/mol. The molecule has 128 valence electrons. The molecule has 4 aromatic carbocycles. The maximum atomic E-state index is 6.41. The number of hydrogen-bond donors (Lipinski definition) is 0. The van der Waals surface area contributed by atoms with Crippen LogP contribution in [0.3, 0.4) is 0 Å². The first-order valence-corrected chi connectivity index (χ1v) is 10.3. The molecular formula is C25H15ClS. The van der Waals surface area contributed by atoms with E-state index in [0.717, 1.165) is 5.02 Å². The van der Waals surface area contributed by atoms with E-state index < -0.39 is 0 Å². The number of halogens is 1. The Bertz CT molecular complexity index is 1180. The molecule has 1 aliphatic heterocycles. The van der Waals surface area contributed by atoms with Crippen LogP contribution in [0.1, 0.15) is 22.3 Å². The van der Waals surface area contributed by atoms with E-state index >= 15 is 0 Å². The molecule has 0 unspecified atom stereocenters. The molecule has 1 aliphatic carbocycles. The third-order valence-electron chi connectivity index (χ3n) is 5.81. The van der Waals surface area contributed by atoms with Crippen molar-refractivity contribution in [3.63, 3.8) is 0 Å². The van der Waals surface area contributed by atoms with E-state index in [1.807, 2.05) is 17.8 Å². The highest BCUT2D eigenvalue weighted by molar-refractivity contribution is 7.99. The lowest BCUT2D eigenvalue weighted by Crippen LogP contribution is -2.31. The Morgan fingerprint density at radius 3 is 1.81 bits per heavy atom. The Kier molecular flexibility index (Phi) is 3.18. The van der Waals surface area contributed by atoms with E-state index in [2.05, 4.69) is 84.9 Å². The van der Waals surface area contributed by atoms with Crippen LogP contribution in [0.4, 0.5) is 0 Å². The van der Waals surface area contributed by atoms with Gasteiger partial charge >= 0.3 is 0 Å². The van der Waals surface area contributed by atoms with Crippen LogP contribution < -0.4 is 0 Å². The summed E-state index contributed by atoms with van der Waals surface area (Å²) in [7, 11) is 0. The smallest absolute Gasteiger partial charge is 0.0735 e. The van der Waals surface area contributed by atoms with Crippen LogP contribution in [-0.2, 0) is 5.41 Å². The van der Waals surface area contributed by atoms with Crippen molar-refractivity contribution in [2.45, 2.75) is 15.2 Å². The third kappa shape index (κ3) is 1.91. The van der Waals surface area contributed by atoms with Crippen molar-refractivity contribution in [2.24, 2.45) is 0 Å². The van der Waals surface area contributed by atoms with E-state index in [1.54, 1.807) is 0 Å². The van der Waals surface area contributed by atoms with Gasteiger partial charge in [0.15, 0.2) is 0 Å². The third-order valence-corrected chi connectivity index (χ3v) is 7.20. The highest BCUT2D eigenvalue weighted by Gasteiger charge is 2.49. The maximum Gasteiger partial charge on any atom is 0.0735 e. The van der Waals surface area contributed by atoms with Crippen LogP contribution in [0.5, 0.6) is 0 Å². The molecule has 1 spiro atoms. The van der Waals surface area contributed by atoms with Gasteiger partial charge in [0.1, 0.15) is 0 Å². The summed E-state index contributed by atoms with van der Waals surface area (Å²) in [6.45, 7) is 0. The van der Waals surface area contributed by atoms with Crippen LogP contribution >= 0.6 is 23.4 Å². The molecule has 4 aromatic rings. The van der Waals surface area contributed by atoms with Crippen LogP contribution in [0, 0.1) is 0 Å².